The minimum Gasteiger partial charge on any atom is -0.330 e. The van der Waals surface area contributed by atoms with E-state index in [4.69, 9.17) is 23.2 Å². The second kappa shape index (κ2) is 8.22. The van der Waals surface area contributed by atoms with Gasteiger partial charge < -0.3 is 4.57 Å². The highest BCUT2D eigenvalue weighted by molar-refractivity contribution is 7.92. The Hall–Kier alpha value is -2.08. The summed E-state index contributed by atoms with van der Waals surface area (Å²) in [5, 5.41) is -0.0962. The monoisotopic (exact) mass is 497 g/mol. The van der Waals surface area contributed by atoms with Crippen molar-refractivity contribution in [2.24, 2.45) is 0 Å². The van der Waals surface area contributed by atoms with Crippen LogP contribution in [0.5, 0.6) is 0 Å². The number of rotatable bonds is 5. The van der Waals surface area contributed by atoms with Crippen LogP contribution in [0.15, 0.2) is 40.7 Å². The molecule has 0 fully saturated rings. The van der Waals surface area contributed by atoms with Crippen molar-refractivity contribution in [3.05, 3.63) is 68.5 Å². The number of aromatic nitrogens is 2. The summed E-state index contributed by atoms with van der Waals surface area (Å²) in [5.41, 5.74) is -0.683. The maximum Gasteiger partial charge on any atom is 0.416 e. The van der Waals surface area contributed by atoms with Gasteiger partial charge in [0.15, 0.2) is 0 Å². The van der Waals surface area contributed by atoms with E-state index in [1.807, 2.05) is 4.72 Å². The Morgan fingerprint density at radius 2 is 1.93 bits per heavy atom. The lowest BCUT2D eigenvalue weighted by Gasteiger charge is -2.11. The van der Waals surface area contributed by atoms with Crippen LogP contribution in [0.3, 0.4) is 0 Å². The lowest BCUT2D eigenvalue weighted by molar-refractivity contribution is -0.137. The van der Waals surface area contributed by atoms with Crippen molar-refractivity contribution in [2.45, 2.75) is 23.9 Å². The predicted octanol–water partition coefficient (Wildman–Crippen LogP) is 4.75. The standard InChI is InChI=1S/C17H12Cl2F3N3O3S2/c1-9-23-13(16(26)24-30(27,28)15-5-4-14(19)29-15)8-25(9)7-10-2-3-11(6-12(10)18)17(20,21)22/h2-6,8H,7H2,1H3,(H,24,26). The normalized spacial score (nSPS) is 12.2. The molecule has 160 valence electrons. The molecular formula is C17H12Cl2F3N3O3S2. The van der Waals surface area contributed by atoms with Gasteiger partial charge in [-0.2, -0.15) is 13.2 Å². The fraction of sp³-hybridized carbons (Fsp3) is 0.176. The Balaban J connectivity index is 1.79. The number of nitrogens with one attached hydrogen (secondary N) is 1. The average Bonchev–Trinajstić information content (AvgIpc) is 3.22. The Bertz CT molecular complexity index is 1220. The molecule has 1 aromatic carbocycles. The van der Waals surface area contributed by atoms with Crippen LogP contribution in [0, 0.1) is 6.92 Å². The van der Waals surface area contributed by atoms with Gasteiger partial charge in [0, 0.05) is 11.2 Å². The van der Waals surface area contributed by atoms with Crippen LogP contribution in [-0.2, 0) is 22.7 Å². The minimum atomic E-state index is -4.52. The Kier molecular flexibility index (Phi) is 6.19. The number of thiophene rings is 1. The van der Waals surface area contributed by atoms with Crippen LogP contribution in [-0.4, -0.2) is 23.9 Å². The molecule has 0 saturated carbocycles. The smallest absolute Gasteiger partial charge is 0.330 e. The van der Waals surface area contributed by atoms with Gasteiger partial charge >= 0.3 is 6.18 Å². The molecule has 3 aromatic rings. The van der Waals surface area contributed by atoms with Crippen LogP contribution in [0.25, 0.3) is 0 Å². The maximum atomic E-state index is 12.8. The number of hydrogen-bond donors (Lipinski definition) is 1. The number of carbonyl (C=O) groups is 1. The highest BCUT2D eigenvalue weighted by Crippen LogP contribution is 2.32. The molecule has 0 aliphatic carbocycles. The van der Waals surface area contributed by atoms with Crippen molar-refractivity contribution in [3.8, 4) is 0 Å². The highest BCUT2D eigenvalue weighted by atomic mass is 35.5. The molecule has 30 heavy (non-hydrogen) atoms. The van der Waals surface area contributed by atoms with E-state index in [-0.39, 0.29) is 25.8 Å². The van der Waals surface area contributed by atoms with Gasteiger partial charge in [-0.3, -0.25) is 4.79 Å². The van der Waals surface area contributed by atoms with Crippen molar-refractivity contribution < 1.29 is 26.4 Å². The first-order valence-corrected chi connectivity index (χ1v) is 11.1. The summed E-state index contributed by atoms with van der Waals surface area (Å²) in [4.78, 5) is 16.4. The first kappa shape index (κ1) is 22.6. The molecule has 1 N–H and O–H groups in total. The first-order valence-electron chi connectivity index (χ1n) is 8.09. The number of hydrogen-bond acceptors (Lipinski definition) is 5. The van der Waals surface area contributed by atoms with Crippen molar-refractivity contribution in [1.29, 1.82) is 0 Å². The van der Waals surface area contributed by atoms with Gasteiger partial charge in [0.05, 0.1) is 16.4 Å². The van der Waals surface area contributed by atoms with Crippen LogP contribution in [0.1, 0.15) is 27.4 Å². The minimum absolute atomic E-state index is 0.0381. The van der Waals surface area contributed by atoms with E-state index in [0.29, 0.717) is 11.4 Å². The number of alkyl halides is 3. The topological polar surface area (TPSA) is 81.1 Å². The number of benzene rings is 1. The van der Waals surface area contributed by atoms with Gasteiger partial charge in [0.1, 0.15) is 15.7 Å². The zero-order valence-corrected chi connectivity index (χ0v) is 18.1. The average molecular weight is 498 g/mol. The zero-order chi connectivity index (χ0) is 22.3. The Morgan fingerprint density at radius 1 is 1.23 bits per heavy atom. The van der Waals surface area contributed by atoms with E-state index in [9.17, 15) is 26.4 Å². The van der Waals surface area contributed by atoms with E-state index >= 15 is 0 Å². The number of halogens is 5. The Labute approximate surface area is 183 Å². The van der Waals surface area contributed by atoms with E-state index < -0.39 is 27.7 Å². The largest absolute Gasteiger partial charge is 0.416 e. The zero-order valence-electron chi connectivity index (χ0n) is 15.0. The molecule has 0 atom stereocenters. The van der Waals surface area contributed by atoms with E-state index in [1.54, 1.807) is 6.92 Å². The summed E-state index contributed by atoms with van der Waals surface area (Å²) < 4.78 is 66.3. The molecule has 3 rings (SSSR count). The lowest BCUT2D eigenvalue weighted by atomic mass is 10.1. The highest BCUT2D eigenvalue weighted by Gasteiger charge is 2.31. The summed E-state index contributed by atoms with van der Waals surface area (Å²) in [6, 6.07) is 5.60. The SMILES string of the molecule is Cc1nc(C(=O)NS(=O)(=O)c2ccc(Cl)s2)cn1Cc1ccc(C(F)(F)F)cc1Cl. The van der Waals surface area contributed by atoms with Crippen molar-refractivity contribution in [3.63, 3.8) is 0 Å². The molecule has 0 spiro atoms. The Morgan fingerprint density at radius 3 is 2.50 bits per heavy atom. The first-order chi connectivity index (χ1) is 13.9. The molecule has 1 amide bonds. The third-order valence-electron chi connectivity index (χ3n) is 3.97. The van der Waals surface area contributed by atoms with E-state index in [1.165, 1.54) is 29.0 Å². The maximum absolute atomic E-state index is 12.8. The number of carbonyl (C=O) groups excluding carboxylic acids is 1. The lowest BCUT2D eigenvalue weighted by Crippen LogP contribution is -2.30. The number of imidazole rings is 1. The summed E-state index contributed by atoms with van der Waals surface area (Å²) >= 11 is 12.5. The quantitative estimate of drug-likeness (QED) is 0.551. The summed E-state index contributed by atoms with van der Waals surface area (Å²) in [5.74, 6) is -0.618. The van der Waals surface area contributed by atoms with Gasteiger partial charge in [-0.05, 0) is 36.8 Å². The summed E-state index contributed by atoms with van der Waals surface area (Å²) in [7, 11) is -4.12. The fourth-order valence-electron chi connectivity index (χ4n) is 2.48. The second-order valence-electron chi connectivity index (χ2n) is 6.10. The number of sulfonamides is 1. The van der Waals surface area contributed by atoms with Crippen LogP contribution in [0.4, 0.5) is 13.2 Å². The van der Waals surface area contributed by atoms with Gasteiger partial charge in [0.2, 0.25) is 0 Å². The van der Waals surface area contributed by atoms with E-state index in [0.717, 1.165) is 23.5 Å². The molecule has 0 unspecified atom stereocenters. The number of amides is 1. The second-order valence-corrected chi connectivity index (χ2v) is 10.1. The van der Waals surface area contributed by atoms with Crippen LogP contribution < -0.4 is 4.72 Å². The summed E-state index contributed by atoms with van der Waals surface area (Å²) in [6.07, 6.45) is -3.23. The van der Waals surface area contributed by atoms with Gasteiger partial charge in [0.25, 0.3) is 15.9 Å². The predicted molar refractivity (Wildman–Crippen MR) is 107 cm³/mol. The van der Waals surface area contributed by atoms with Crippen molar-refractivity contribution >= 4 is 50.5 Å². The molecular weight excluding hydrogens is 486 g/mol. The third kappa shape index (κ3) is 4.97. The summed E-state index contributed by atoms with van der Waals surface area (Å²) in [6.45, 7) is 1.60. The fourth-order valence-corrected chi connectivity index (χ4v) is 5.16. The van der Waals surface area contributed by atoms with Gasteiger partial charge in [-0.15, -0.1) is 11.3 Å². The third-order valence-corrected chi connectivity index (χ3v) is 7.38. The number of aryl methyl sites for hydroxylation is 1. The molecule has 0 radical (unpaired) electrons. The molecule has 2 heterocycles. The molecule has 0 saturated heterocycles. The number of nitrogens with zero attached hydrogens (tertiary/aromatic N) is 2. The molecule has 0 aliphatic rings. The molecule has 0 bridgehead atoms. The molecule has 2 aromatic heterocycles. The van der Waals surface area contributed by atoms with Gasteiger partial charge in [-0.1, -0.05) is 29.3 Å². The molecule has 0 aliphatic heterocycles. The molecule has 13 heteroatoms. The van der Waals surface area contributed by atoms with Crippen molar-refractivity contribution in [2.75, 3.05) is 0 Å². The molecule has 6 nitrogen and oxygen atoms in total. The van der Waals surface area contributed by atoms with E-state index in [2.05, 4.69) is 4.98 Å². The van der Waals surface area contributed by atoms with Crippen LogP contribution in [0.2, 0.25) is 9.36 Å². The van der Waals surface area contributed by atoms with Crippen LogP contribution >= 0.6 is 34.5 Å². The van der Waals surface area contributed by atoms with Gasteiger partial charge in [-0.25, -0.2) is 18.1 Å². The van der Waals surface area contributed by atoms with Crippen molar-refractivity contribution in [1.82, 2.24) is 14.3 Å².